The van der Waals surface area contributed by atoms with Gasteiger partial charge in [0.25, 0.3) is 5.91 Å². The predicted molar refractivity (Wildman–Crippen MR) is 91.9 cm³/mol. The first-order chi connectivity index (χ1) is 11.8. The maximum absolute atomic E-state index is 12.0. The quantitative estimate of drug-likeness (QED) is 0.904. The van der Waals surface area contributed by atoms with E-state index in [0.29, 0.717) is 24.5 Å². The van der Waals surface area contributed by atoms with Crippen LogP contribution in [0, 0.1) is 0 Å². The van der Waals surface area contributed by atoms with Gasteiger partial charge >= 0.3 is 5.97 Å². The van der Waals surface area contributed by atoms with E-state index in [2.05, 4.69) is 10.1 Å². The van der Waals surface area contributed by atoms with Crippen molar-refractivity contribution in [1.29, 1.82) is 0 Å². The predicted octanol–water partition coefficient (Wildman–Crippen LogP) is 1.34. The Morgan fingerprint density at radius 2 is 2.04 bits per heavy atom. The van der Waals surface area contributed by atoms with Gasteiger partial charge in [-0.05, 0) is 12.1 Å². The molecule has 0 spiro atoms. The van der Waals surface area contributed by atoms with Crippen LogP contribution in [0.25, 0.3) is 0 Å². The number of carboxylic acid groups (broad SMARTS) is 1. The fourth-order valence-corrected chi connectivity index (χ4v) is 3.33. The average Bonchev–Trinajstić information content (AvgIpc) is 2.91. The van der Waals surface area contributed by atoms with Crippen LogP contribution in [0.3, 0.4) is 0 Å². The highest BCUT2D eigenvalue weighted by molar-refractivity contribution is 5.93. The van der Waals surface area contributed by atoms with Gasteiger partial charge in [-0.2, -0.15) is 5.10 Å². The van der Waals surface area contributed by atoms with Crippen molar-refractivity contribution < 1.29 is 14.7 Å². The van der Waals surface area contributed by atoms with Gasteiger partial charge in [-0.1, -0.05) is 6.92 Å². The molecule has 2 aromatic heterocycles. The number of carbonyl (C=O) groups is 2. The van der Waals surface area contributed by atoms with Gasteiger partial charge in [0.1, 0.15) is 5.82 Å². The number of pyridine rings is 1. The Kier molecular flexibility index (Phi) is 4.20. The Balaban J connectivity index is 1.91. The summed E-state index contributed by atoms with van der Waals surface area (Å²) >= 11 is 0. The fraction of sp³-hybridized carbons (Fsp3) is 0.412. The van der Waals surface area contributed by atoms with Crippen LogP contribution in [-0.4, -0.2) is 57.3 Å². The number of carboxylic acids is 1. The first-order valence-electron chi connectivity index (χ1n) is 8.01. The lowest BCUT2D eigenvalue weighted by atomic mass is 9.96. The summed E-state index contributed by atoms with van der Waals surface area (Å²) in [6, 6.07) is 3.54. The molecule has 0 radical (unpaired) electrons. The topological polar surface area (TPSA) is 91.6 Å². The minimum Gasteiger partial charge on any atom is -0.476 e. The van der Waals surface area contributed by atoms with Crippen LogP contribution in [0.1, 0.15) is 44.9 Å². The lowest BCUT2D eigenvalue weighted by Crippen LogP contribution is -2.34. The molecule has 3 heterocycles. The zero-order chi connectivity index (χ0) is 18.3. The summed E-state index contributed by atoms with van der Waals surface area (Å²) < 4.78 is 1.66. The number of rotatable bonds is 3. The Morgan fingerprint density at radius 3 is 2.60 bits per heavy atom. The summed E-state index contributed by atoms with van der Waals surface area (Å²) in [4.78, 5) is 31.4. The molecule has 1 amide bonds. The van der Waals surface area contributed by atoms with E-state index in [1.165, 1.54) is 4.90 Å². The van der Waals surface area contributed by atoms with Gasteiger partial charge in [0.15, 0.2) is 5.69 Å². The van der Waals surface area contributed by atoms with E-state index >= 15 is 0 Å². The molecule has 1 aliphatic heterocycles. The molecule has 3 rings (SSSR count). The van der Waals surface area contributed by atoms with Crippen molar-refractivity contribution in [2.45, 2.75) is 19.4 Å². The number of amides is 1. The summed E-state index contributed by atoms with van der Waals surface area (Å²) in [5.41, 5.74) is 2.29. The second-order valence-corrected chi connectivity index (χ2v) is 6.53. The third-order valence-corrected chi connectivity index (χ3v) is 4.43. The number of anilines is 1. The third-order valence-electron chi connectivity index (χ3n) is 4.43. The van der Waals surface area contributed by atoms with Gasteiger partial charge in [-0.15, -0.1) is 0 Å². The van der Waals surface area contributed by atoms with Gasteiger partial charge in [0, 0.05) is 57.6 Å². The van der Waals surface area contributed by atoms with Crippen molar-refractivity contribution in [3.05, 3.63) is 40.8 Å². The van der Waals surface area contributed by atoms with E-state index in [0.717, 1.165) is 11.3 Å². The lowest BCUT2D eigenvalue weighted by Gasteiger charge is -2.32. The molecule has 0 aromatic carbocycles. The minimum atomic E-state index is -1.02. The van der Waals surface area contributed by atoms with Crippen LogP contribution < -0.4 is 4.90 Å². The summed E-state index contributed by atoms with van der Waals surface area (Å²) in [6.07, 6.45) is 1.55. The Labute approximate surface area is 145 Å². The van der Waals surface area contributed by atoms with Crippen molar-refractivity contribution in [2.75, 3.05) is 25.5 Å². The SMILES string of the molecule is C[C@@H]1CN(c2ccc(C(=O)N(C)C)cn2)Cc2c(C(=O)O)nn(C)c21. The average molecular weight is 343 g/mol. The summed E-state index contributed by atoms with van der Waals surface area (Å²) in [5, 5.41) is 13.5. The molecule has 8 nitrogen and oxygen atoms in total. The van der Waals surface area contributed by atoms with Crippen LogP contribution in [0.4, 0.5) is 5.82 Å². The summed E-state index contributed by atoms with van der Waals surface area (Å²) in [7, 11) is 5.16. The molecular weight excluding hydrogens is 322 g/mol. The van der Waals surface area contributed by atoms with E-state index in [1.54, 1.807) is 44.2 Å². The van der Waals surface area contributed by atoms with Crippen molar-refractivity contribution >= 4 is 17.7 Å². The number of hydrogen-bond donors (Lipinski definition) is 1. The molecule has 8 heteroatoms. The normalized spacial score (nSPS) is 16.5. The number of aromatic nitrogens is 3. The molecule has 0 saturated carbocycles. The highest BCUT2D eigenvalue weighted by atomic mass is 16.4. The van der Waals surface area contributed by atoms with Crippen molar-refractivity contribution in [3.8, 4) is 0 Å². The summed E-state index contributed by atoms with van der Waals surface area (Å²) in [5.74, 6) is -0.285. The third kappa shape index (κ3) is 2.95. The lowest BCUT2D eigenvalue weighted by molar-refractivity contribution is 0.0688. The molecule has 0 bridgehead atoms. The first-order valence-corrected chi connectivity index (χ1v) is 8.01. The van der Waals surface area contributed by atoms with Crippen molar-refractivity contribution in [2.24, 2.45) is 7.05 Å². The van der Waals surface area contributed by atoms with Gasteiger partial charge in [0.05, 0.1) is 5.56 Å². The van der Waals surface area contributed by atoms with E-state index in [-0.39, 0.29) is 17.5 Å². The van der Waals surface area contributed by atoms with Gasteiger partial charge < -0.3 is 14.9 Å². The van der Waals surface area contributed by atoms with E-state index in [9.17, 15) is 14.7 Å². The van der Waals surface area contributed by atoms with Gasteiger partial charge in [-0.25, -0.2) is 9.78 Å². The molecule has 0 saturated heterocycles. The standard InChI is InChI=1S/C17H21N5O3/c1-10-8-22(9-12-14(17(24)25)19-21(4)15(10)12)13-6-5-11(7-18-13)16(23)20(2)3/h5-7,10H,8-9H2,1-4H3,(H,24,25)/t10-/m1/s1. The zero-order valence-corrected chi connectivity index (χ0v) is 14.7. The van der Waals surface area contributed by atoms with E-state index in [4.69, 9.17) is 0 Å². The molecule has 25 heavy (non-hydrogen) atoms. The number of nitrogens with zero attached hydrogens (tertiary/aromatic N) is 5. The maximum Gasteiger partial charge on any atom is 0.356 e. The van der Waals surface area contributed by atoms with Crippen molar-refractivity contribution in [3.63, 3.8) is 0 Å². The van der Waals surface area contributed by atoms with Crippen LogP contribution in [0.5, 0.6) is 0 Å². The number of fused-ring (bicyclic) bond motifs is 1. The van der Waals surface area contributed by atoms with Crippen molar-refractivity contribution in [1.82, 2.24) is 19.7 Å². The molecule has 1 aliphatic rings. The highest BCUT2D eigenvalue weighted by Crippen LogP contribution is 2.32. The number of carbonyl (C=O) groups excluding carboxylic acids is 1. The smallest absolute Gasteiger partial charge is 0.356 e. The van der Waals surface area contributed by atoms with E-state index in [1.807, 2.05) is 11.8 Å². The number of aryl methyl sites for hydroxylation is 1. The maximum atomic E-state index is 12.0. The zero-order valence-electron chi connectivity index (χ0n) is 14.7. The second-order valence-electron chi connectivity index (χ2n) is 6.53. The Bertz CT molecular complexity index is 826. The molecular formula is C17H21N5O3. The highest BCUT2D eigenvalue weighted by Gasteiger charge is 2.31. The molecule has 0 fully saturated rings. The Morgan fingerprint density at radius 1 is 1.32 bits per heavy atom. The molecule has 1 atom stereocenters. The molecule has 132 valence electrons. The minimum absolute atomic E-state index is 0.0912. The van der Waals surface area contributed by atoms with Crippen LogP contribution >= 0.6 is 0 Å². The van der Waals surface area contributed by atoms with Gasteiger partial charge in [-0.3, -0.25) is 9.48 Å². The number of hydrogen-bond acceptors (Lipinski definition) is 5. The fourth-order valence-electron chi connectivity index (χ4n) is 3.33. The number of aromatic carboxylic acids is 1. The monoisotopic (exact) mass is 343 g/mol. The second kappa shape index (κ2) is 6.19. The van der Waals surface area contributed by atoms with Crippen LogP contribution in [-0.2, 0) is 13.6 Å². The Hall–Kier alpha value is -2.90. The summed E-state index contributed by atoms with van der Waals surface area (Å²) in [6.45, 7) is 3.19. The largest absolute Gasteiger partial charge is 0.476 e. The van der Waals surface area contributed by atoms with Crippen LogP contribution in [0.2, 0.25) is 0 Å². The molecule has 1 N–H and O–H groups in total. The van der Waals surface area contributed by atoms with Crippen LogP contribution in [0.15, 0.2) is 18.3 Å². The molecule has 2 aromatic rings. The van der Waals surface area contributed by atoms with Gasteiger partial charge in [0.2, 0.25) is 0 Å². The van der Waals surface area contributed by atoms with E-state index < -0.39 is 5.97 Å². The molecule has 0 aliphatic carbocycles. The molecule has 0 unspecified atom stereocenters. The first kappa shape index (κ1) is 16.9.